The fourth-order valence-corrected chi connectivity index (χ4v) is 3.38. The van der Waals surface area contributed by atoms with Crippen molar-refractivity contribution in [1.29, 1.82) is 0 Å². The Bertz CT molecular complexity index is 729. The van der Waals surface area contributed by atoms with Crippen LogP contribution in [0.2, 0.25) is 0 Å². The van der Waals surface area contributed by atoms with Gasteiger partial charge in [-0.1, -0.05) is 42.5 Å². The third-order valence-electron chi connectivity index (χ3n) is 4.88. The minimum absolute atomic E-state index is 0.0646. The normalized spacial score (nSPS) is 15.9. The molecule has 2 amide bonds. The van der Waals surface area contributed by atoms with Crippen LogP contribution in [0.4, 0.5) is 10.5 Å². The van der Waals surface area contributed by atoms with Crippen molar-refractivity contribution in [2.75, 3.05) is 38.2 Å². The van der Waals surface area contributed by atoms with Crippen molar-refractivity contribution in [3.05, 3.63) is 65.7 Å². The van der Waals surface area contributed by atoms with Crippen molar-refractivity contribution in [3.8, 4) is 0 Å². The van der Waals surface area contributed by atoms with E-state index in [1.54, 1.807) is 0 Å². The first kappa shape index (κ1) is 19.4. The average molecular weight is 367 g/mol. The van der Waals surface area contributed by atoms with Crippen LogP contribution in [0.5, 0.6) is 0 Å². The summed E-state index contributed by atoms with van der Waals surface area (Å²) in [4.78, 5) is 17.4. The molecule has 0 aliphatic carbocycles. The summed E-state index contributed by atoms with van der Waals surface area (Å²) in [6, 6.07) is 18.1. The molecule has 5 nitrogen and oxygen atoms in total. The van der Waals surface area contributed by atoms with Crippen LogP contribution < -0.4 is 5.32 Å². The smallest absolute Gasteiger partial charge is 0.322 e. The van der Waals surface area contributed by atoms with Gasteiger partial charge in [0.05, 0.1) is 13.2 Å². The Labute approximate surface area is 161 Å². The molecular weight excluding hydrogens is 338 g/mol. The largest absolute Gasteiger partial charge is 0.379 e. The SMILES string of the molecule is Cc1cccc(NC(=O)N(Cc2ccccc2)[C@@H](C)CN2CCOCC2)c1. The van der Waals surface area contributed by atoms with E-state index in [0.29, 0.717) is 6.54 Å². The molecule has 1 aliphatic rings. The van der Waals surface area contributed by atoms with E-state index in [4.69, 9.17) is 4.74 Å². The summed E-state index contributed by atoms with van der Waals surface area (Å²) in [5, 5.41) is 3.07. The van der Waals surface area contributed by atoms with Crippen LogP contribution in [0, 0.1) is 6.92 Å². The molecule has 144 valence electrons. The minimum Gasteiger partial charge on any atom is -0.379 e. The summed E-state index contributed by atoms with van der Waals surface area (Å²) >= 11 is 0. The number of hydrogen-bond acceptors (Lipinski definition) is 3. The topological polar surface area (TPSA) is 44.8 Å². The lowest BCUT2D eigenvalue weighted by molar-refractivity contribution is 0.0277. The summed E-state index contributed by atoms with van der Waals surface area (Å²) in [5.74, 6) is 0. The number of nitrogens with one attached hydrogen (secondary N) is 1. The first-order chi connectivity index (χ1) is 13.1. The van der Waals surface area contributed by atoms with E-state index in [-0.39, 0.29) is 12.1 Å². The van der Waals surface area contributed by atoms with Crippen molar-refractivity contribution in [2.45, 2.75) is 26.4 Å². The minimum atomic E-state index is -0.0646. The quantitative estimate of drug-likeness (QED) is 0.846. The lowest BCUT2D eigenvalue weighted by Crippen LogP contribution is -2.49. The molecule has 0 radical (unpaired) electrons. The van der Waals surface area contributed by atoms with Crippen molar-refractivity contribution in [1.82, 2.24) is 9.80 Å². The Morgan fingerprint density at radius 2 is 1.89 bits per heavy atom. The van der Waals surface area contributed by atoms with E-state index in [1.807, 2.05) is 54.3 Å². The molecule has 0 unspecified atom stereocenters. The Balaban J connectivity index is 1.72. The maximum atomic E-state index is 13.1. The maximum Gasteiger partial charge on any atom is 0.322 e. The fraction of sp³-hybridized carbons (Fsp3) is 0.409. The number of ether oxygens (including phenoxy) is 1. The Morgan fingerprint density at radius 1 is 1.15 bits per heavy atom. The zero-order valence-electron chi connectivity index (χ0n) is 16.2. The molecule has 0 aromatic heterocycles. The van der Waals surface area contributed by atoms with Gasteiger partial charge in [-0.2, -0.15) is 0 Å². The van der Waals surface area contributed by atoms with Gasteiger partial charge < -0.3 is 15.0 Å². The molecule has 5 heteroatoms. The van der Waals surface area contributed by atoms with E-state index in [0.717, 1.165) is 49.7 Å². The van der Waals surface area contributed by atoms with Crippen molar-refractivity contribution < 1.29 is 9.53 Å². The van der Waals surface area contributed by atoms with Crippen LogP contribution in [0.15, 0.2) is 54.6 Å². The van der Waals surface area contributed by atoms with Gasteiger partial charge in [-0.15, -0.1) is 0 Å². The predicted molar refractivity (Wildman–Crippen MR) is 109 cm³/mol. The molecule has 1 N–H and O–H groups in total. The molecule has 1 atom stereocenters. The molecule has 27 heavy (non-hydrogen) atoms. The summed E-state index contributed by atoms with van der Waals surface area (Å²) in [7, 11) is 0. The van der Waals surface area contributed by atoms with Gasteiger partial charge in [0.2, 0.25) is 0 Å². The molecule has 2 aromatic rings. The number of hydrogen-bond donors (Lipinski definition) is 1. The second-order valence-electron chi connectivity index (χ2n) is 7.18. The van der Waals surface area contributed by atoms with Crippen LogP contribution in [-0.2, 0) is 11.3 Å². The van der Waals surface area contributed by atoms with Crippen LogP contribution in [0.1, 0.15) is 18.1 Å². The molecule has 3 rings (SSSR count). The van der Waals surface area contributed by atoms with Crippen molar-refractivity contribution in [2.24, 2.45) is 0 Å². The van der Waals surface area contributed by atoms with Gasteiger partial charge in [0.15, 0.2) is 0 Å². The number of benzene rings is 2. The Morgan fingerprint density at radius 3 is 2.59 bits per heavy atom. The average Bonchev–Trinajstić information content (AvgIpc) is 2.67. The fourth-order valence-electron chi connectivity index (χ4n) is 3.38. The van der Waals surface area contributed by atoms with E-state index in [2.05, 4.69) is 29.3 Å². The molecule has 1 saturated heterocycles. The first-order valence-electron chi connectivity index (χ1n) is 9.60. The van der Waals surface area contributed by atoms with Gasteiger partial charge in [0, 0.05) is 37.9 Å². The zero-order valence-corrected chi connectivity index (χ0v) is 16.2. The number of amides is 2. The molecule has 1 fully saturated rings. The standard InChI is InChI=1S/C22H29N3O2/c1-18-7-6-10-21(15-18)23-22(26)25(17-20-8-4-3-5-9-20)19(2)16-24-11-13-27-14-12-24/h3-10,15,19H,11-14,16-17H2,1-2H3,(H,23,26)/t19-/m0/s1. The van der Waals surface area contributed by atoms with Crippen molar-refractivity contribution in [3.63, 3.8) is 0 Å². The van der Waals surface area contributed by atoms with E-state index in [9.17, 15) is 4.79 Å². The van der Waals surface area contributed by atoms with E-state index in [1.165, 1.54) is 0 Å². The molecule has 2 aromatic carbocycles. The van der Waals surface area contributed by atoms with Gasteiger partial charge in [-0.3, -0.25) is 4.90 Å². The number of carbonyl (C=O) groups excluding carboxylic acids is 1. The van der Waals surface area contributed by atoms with Gasteiger partial charge in [-0.05, 0) is 37.1 Å². The molecule has 0 saturated carbocycles. The lowest BCUT2D eigenvalue weighted by atomic mass is 10.1. The highest BCUT2D eigenvalue weighted by atomic mass is 16.5. The number of nitrogens with zero attached hydrogens (tertiary/aromatic N) is 2. The van der Waals surface area contributed by atoms with Gasteiger partial charge in [-0.25, -0.2) is 4.79 Å². The Hall–Kier alpha value is -2.37. The first-order valence-corrected chi connectivity index (χ1v) is 9.60. The van der Waals surface area contributed by atoms with Crippen LogP contribution in [0.3, 0.4) is 0 Å². The molecule has 0 bridgehead atoms. The summed E-state index contributed by atoms with van der Waals surface area (Å²) in [6.07, 6.45) is 0. The van der Waals surface area contributed by atoms with Gasteiger partial charge >= 0.3 is 6.03 Å². The molecule has 1 aliphatic heterocycles. The highest BCUT2D eigenvalue weighted by Gasteiger charge is 2.23. The van der Waals surface area contributed by atoms with E-state index >= 15 is 0 Å². The predicted octanol–water partition coefficient (Wildman–Crippen LogP) is 3.75. The number of anilines is 1. The number of urea groups is 1. The third kappa shape index (κ3) is 5.81. The second kappa shape index (κ2) is 9.53. The highest BCUT2D eigenvalue weighted by molar-refractivity contribution is 5.89. The lowest BCUT2D eigenvalue weighted by Gasteiger charge is -2.35. The molecule has 0 spiro atoms. The monoisotopic (exact) mass is 367 g/mol. The van der Waals surface area contributed by atoms with Crippen LogP contribution in [0.25, 0.3) is 0 Å². The van der Waals surface area contributed by atoms with Crippen molar-refractivity contribution >= 4 is 11.7 Å². The number of morpholine rings is 1. The summed E-state index contributed by atoms with van der Waals surface area (Å²) in [5.41, 5.74) is 3.09. The van der Waals surface area contributed by atoms with Crippen LogP contribution >= 0.6 is 0 Å². The number of aryl methyl sites for hydroxylation is 1. The van der Waals surface area contributed by atoms with Crippen LogP contribution in [-0.4, -0.2) is 54.7 Å². The third-order valence-corrected chi connectivity index (χ3v) is 4.88. The second-order valence-corrected chi connectivity index (χ2v) is 7.18. The highest BCUT2D eigenvalue weighted by Crippen LogP contribution is 2.15. The molecular formula is C22H29N3O2. The maximum absolute atomic E-state index is 13.1. The van der Waals surface area contributed by atoms with Gasteiger partial charge in [0.25, 0.3) is 0 Å². The Kier molecular flexibility index (Phi) is 6.85. The van der Waals surface area contributed by atoms with Gasteiger partial charge in [0.1, 0.15) is 0 Å². The summed E-state index contributed by atoms with van der Waals surface area (Å²) in [6.45, 7) is 8.95. The molecule has 1 heterocycles. The summed E-state index contributed by atoms with van der Waals surface area (Å²) < 4.78 is 5.44. The zero-order chi connectivity index (χ0) is 19.1. The number of carbonyl (C=O) groups is 1. The number of rotatable bonds is 6. The van der Waals surface area contributed by atoms with E-state index < -0.39 is 0 Å².